The van der Waals surface area contributed by atoms with Crippen LogP contribution >= 0.6 is 15.9 Å². The summed E-state index contributed by atoms with van der Waals surface area (Å²) < 4.78 is 6.17. The van der Waals surface area contributed by atoms with Crippen LogP contribution in [-0.2, 0) is 4.74 Å². The predicted octanol–water partition coefficient (Wildman–Crippen LogP) is 3.37. The van der Waals surface area contributed by atoms with Crippen molar-refractivity contribution in [2.24, 2.45) is 11.8 Å². The molecule has 0 aromatic carbocycles. The summed E-state index contributed by atoms with van der Waals surface area (Å²) in [5.41, 5.74) is 0.204. The number of hydrogen-bond acceptors (Lipinski definition) is 1. The second-order valence-electron chi connectivity index (χ2n) is 4.92. The summed E-state index contributed by atoms with van der Waals surface area (Å²) in [6.07, 6.45) is 5.70. The lowest BCUT2D eigenvalue weighted by Crippen LogP contribution is -2.41. The normalized spacial score (nSPS) is 50.5. The van der Waals surface area contributed by atoms with E-state index in [0.717, 1.165) is 17.2 Å². The molecule has 2 fully saturated rings. The Balaban J connectivity index is 1.97. The predicted molar refractivity (Wildman–Crippen MR) is 58.2 cm³/mol. The molecule has 1 aliphatic heterocycles. The van der Waals surface area contributed by atoms with Crippen molar-refractivity contribution < 1.29 is 4.74 Å². The maximum atomic E-state index is 6.17. The van der Waals surface area contributed by atoms with Crippen molar-refractivity contribution >= 4 is 15.9 Å². The summed E-state index contributed by atoms with van der Waals surface area (Å²) in [4.78, 5) is 0. The molecule has 0 amide bonds. The molecule has 2 heteroatoms. The standard InChI is InChI=1S/C11H19BrO/c1-8-6-10(8)11(2)5-3-4-9(7-12)13-11/h8-10H,3-7H2,1-2H3. The molecular weight excluding hydrogens is 228 g/mol. The minimum Gasteiger partial charge on any atom is -0.371 e. The minimum absolute atomic E-state index is 0.204. The van der Waals surface area contributed by atoms with E-state index in [0.29, 0.717) is 6.10 Å². The lowest BCUT2D eigenvalue weighted by Gasteiger charge is -2.39. The molecule has 2 rings (SSSR count). The van der Waals surface area contributed by atoms with E-state index in [1.54, 1.807) is 0 Å². The van der Waals surface area contributed by atoms with Crippen LogP contribution in [0.1, 0.15) is 39.5 Å². The minimum atomic E-state index is 0.204. The third kappa shape index (κ3) is 1.94. The van der Waals surface area contributed by atoms with E-state index in [1.807, 2.05) is 0 Å². The van der Waals surface area contributed by atoms with Crippen LogP contribution in [0, 0.1) is 11.8 Å². The third-order valence-electron chi connectivity index (χ3n) is 3.70. The molecule has 1 heterocycles. The van der Waals surface area contributed by atoms with Gasteiger partial charge in [0.1, 0.15) is 0 Å². The van der Waals surface area contributed by atoms with Gasteiger partial charge in [-0.2, -0.15) is 0 Å². The molecule has 4 unspecified atom stereocenters. The zero-order chi connectivity index (χ0) is 9.47. The van der Waals surface area contributed by atoms with Crippen LogP contribution in [0.4, 0.5) is 0 Å². The van der Waals surface area contributed by atoms with Crippen LogP contribution in [0.25, 0.3) is 0 Å². The molecule has 1 saturated carbocycles. The van der Waals surface area contributed by atoms with Crippen LogP contribution < -0.4 is 0 Å². The first-order valence-electron chi connectivity index (χ1n) is 5.39. The van der Waals surface area contributed by atoms with Crippen molar-refractivity contribution in [3.05, 3.63) is 0 Å². The summed E-state index contributed by atoms with van der Waals surface area (Å²) in [5.74, 6) is 1.74. The molecule has 1 saturated heterocycles. The highest BCUT2D eigenvalue weighted by Gasteiger charge is 2.50. The van der Waals surface area contributed by atoms with Crippen LogP contribution in [0.2, 0.25) is 0 Å². The highest BCUT2D eigenvalue weighted by atomic mass is 79.9. The van der Waals surface area contributed by atoms with E-state index in [2.05, 4.69) is 29.8 Å². The van der Waals surface area contributed by atoms with Gasteiger partial charge in [-0.25, -0.2) is 0 Å². The van der Waals surface area contributed by atoms with Crippen LogP contribution in [0.3, 0.4) is 0 Å². The molecule has 0 aromatic heterocycles. The second-order valence-corrected chi connectivity index (χ2v) is 5.57. The van der Waals surface area contributed by atoms with Gasteiger partial charge in [0.2, 0.25) is 0 Å². The van der Waals surface area contributed by atoms with Crippen LogP contribution in [0.15, 0.2) is 0 Å². The van der Waals surface area contributed by atoms with E-state index in [-0.39, 0.29) is 5.60 Å². The van der Waals surface area contributed by atoms with E-state index in [1.165, 1.54) is 25.7 Å². The SMILES string of the molecule is CC1CC1C1(C)CCCC(CBr)O1. The van der Waals surface area contributed by atoms with Crippen molar-refractivity contribution in [2.75, 3.05) is 5.33 Å². The maximum Gasteiger partial charge on any atom is 0.0689 e. The summed E-state index contributed by atoms with van der Waals surface area (Å²) in [7, 11) is 0. The van der Waals surface area contributed by atoms with Gasteiger partial charge in [-0.1, -0.05) is 22.9 Å². The van der Waals surface area contributed by atoms with Gasteiger partial charge in [0.15, 0.2) is 0 Å². The average molecular weight is 247 g/mol. The Morgan fingerprint density at radius 2 is 2.23 bits per heavy atom. The smallest absolute Gasteiger partial charge is 0.0689 e. The fourth-order valence-electron chi connectivity index (χ4n) is 2.73. The number of alkyl halides is 1. The summed E-state index contributed by atoms with van der Waals surface area (Å²) in [6, 6.07) is 0. The molecule has 4 atom stereocenters. The van der Waals surface area contributed by atoms with E-state index in [9.17, 15) is 0 Å². The Hall–Kier alpha value is 0.440. The van der Waals surface area contributed by atoms with Gasteiger partial charge in [-0.05, 0) is 44.4 Å². The van der Waals surface area contributed by atoms with Gasteiger partial charge in [0, 0.05) is 5.33 Å². The van der Waals surface area contributed by atoms with E-state index in [4.69, 9.17) is 4.74 Å². The first kappa shape index (κ1) is 9.97. The fourth-order valence-corrected chi connectivity index (χ4v) is 3.19. The van der Waals surface area contributed by atoms with Gasteiger partial charge in [0.25, 0.3) is 0 Å². The van der Waals surface area contributed by atoms with Gasteiger partial charge < -0.3 is 4.74 Å². The topological polar surface area (TPSA) is 9.23 Å². The summed E-state index contributed by atoms with van der Waals surface area (Å²) >= 11 is 3.52. The maximum absolute atomic E-state index is 6.17. The molecule has 0 spiro atoms. The third-order valence-corrected chi connectivity index (χ3v) is 4.42. The molecule has 76 valence electrons. The van der Waals surface area contributed by atoms with Crippen molar-refractivity contribution in [1.29, 1.82) is 0 Å². The average Bonchev–Trinajstić information content (AvgIpc) is 2.83. The highest BCUT2D eigenvalue weighted by Crippen LogP contribution is 2.51. The Kier molecular flexibility index (Phi) is 2.72. The van der Waals surface area contributed by atoms with Crippen molar-refractivity contribution in [1.82, 2.24) is 0 Å². The first-order valence-corrected chi connectivity index (χ1v) is 6.51. The highest BCUT2D eigenvalue weighted by molar-refractivity contribution is 9.09. The van der Waals surface area contributed by atoms with E-state index >= 15 is 0 Å². The van der Waals surface area contributed by atoms with Crippen LogP contribution in [0.5, 0.6) is 0 Å². The van der Waals surface area contributed by atoms with Crippen molar-refractivity contribution in [2.45, 2.75) is 51.2 Å². The lowest BCUT2D eigenvalue weighted by molar-refractivity contribution is -0.122. The molecule has 0 N–H and O–H groups in total. The fraction of sp³-hybridized carbons (Fsp3) is 1.00. The summed E-state index contributed by atoms with van der Waals surface area (Å²) in [6.45, 7) is 4.66. The van der Waals surface area contributed by atoms with Gasteiger partial charge >= 0.3 is 0 Å². The monoisotopic (exact) mass is 246 g/mol. The Morgan fingerprint density at radius 3 is 2.77 bits per heavy atom. The molecule has 2 aliphatic rings. The molecule has 0 radical (unpaired) electrons. The first-order chi connectivity index (χ1) is 6.15. The van der Waals surface area contributed by atoms with Gasteiger partial charge in [-0.3, -0.25) is 0 Å². The largest absolute Gasteiger partial charge is 0.371 e. The Labute approximate surface area is 89.4 Å². The molecule has 13 heavy (non-hydrogen) atoms. The molecule has 0 bridgehead atoms. The van der Waals surface area contributed by atoms with Crippen molar-refractivity contribution in [3.8, 4) is 0 Å². The second kappa shape index (κ2) is 3.54. The Morgan fingerprint density at radius 1 is 1.54 bits per heavy atom. The zero-order valence-corrected chi connectivity index (χ0v) is 10.1. The molecular formula is C11H19BrO. The summed E-state index contributed by atoms with van der Waals surface area (Å²) in [5, 5.41) is 1.00. The molecule has 1 aliphatic carbocycles. The zero-order valence-electron chi connectivity index (χ0n) is 8.55. The van der Waals surface area contributed by atoms with Gasteiger partial charge in [0.05, 0.1) is 11.7 Å². The molecule has 1 nitrogen and oxygen atoms in total. The number of rotatable bonds is 2. The molecule has 0 aromatic rings. The number of ether oxygens (including phenoxy) is 1. The Bertz CT molecular complexity index is 195. The quantitative estimate of drug-likeness (QED) is 0.680. The van der Waals surface area contributed by atoms with E-state index < -0.39 is 0 Å². The van der Waals surface area contributed by atoms with Crippen LogP contribution in [-0.4, -0.2) is 17.0 Å². The number of hydrogen-bond donors (Lipinski definition) is 0. The van der Waals surface area contributed by atoms with Gasteiger partial charge in [-0.15, -0.1) is 0 Å². The number of halogens is 1. The lowest BCUT2D eigenvalue weighted by atomic mass is 9.88. The van der Waals surface area contributed by atoms with Crippen molar-refractivity contribution in [3.63, 3.8) is 0 Å².